The first-order chi connectivity index (χ1) is 10.8. The number of carbonyl (C=O) groups is 1. The predicted molar refractivity (Wildman–Crippen MR) is 83.8 cm³/mol. The molecule has 5 nitrogen and oxygen atoms in total. The van der Waals surface area contributed by atoms with Crippen LogP contribution in [0.15, 0.2) is 48.8 Å². The first-order valence-electron chi connectivity index (χ1n) is 7.44. The molecule has 2 aromatic rings. The highest BCUT2D eigenvalue weighted by molar-refractivity contribution is 5.97. The second-order valence-electron chi connectivity index (χ2n) is 5.43. The van der Waals surface area contributed by atoms with Gasteiger partial charge in [-0.2, -0.15) is 0 Å². The minimum Gasteiger partial charge on any atom is -0.455 e. The number of amides is 1. The highest BCUT2D eigenvalue weighted by Crippen LogP contribution is 2.27. The molecule has 1 saturated heterocycles. The number of nitrogens with two attached hydrogens (primary N) is 1. The molecule has 1 aromatic heterocycles. The summed E-state index contributed by atoms with van der Waals surface area (Å²) in [6.45, 7) is 2.09. The molecule has 1 atom stereocenters. The van der Waals surface area contributed by atoms with Gasteiger partial charge in [0.15, 0.2) is 0 Å². The van der Waals surface area contributed by atoms with E-state index in [1.54, 1.807) is 30.6 Å². The normalized spacial score (nSPS) is 17.5. The lowest BCUT2D eigenvalue weighted by atomic mass is 10.1. The van der Waals surface area contributed by atoms with Gasteiger partial charge in [-0.3, -0.25) is 9.78 Å². The van der Waals surface area contributed by atoms with Crippen molar-refractivity contribution < 1.29 is 9.53 Å². The maximum Gasteiger partial charge on any atom is 0.257 e. The van der Waals surface area contributed by atoms with Crippen LogP contribution in [-0.4, -0.2) is 35.4 Å². The standard InChI is InChI=1S/C17H19N3O2/c18-10-13-7-9-20(12-13)17(21)15-5-1-2-6-16(15)22-14-4-3-8-19-11-14/h1-6,8,11,13H,7,9-10,12,18H2. The molecule has 3 rings (SSSR count). The molecule has 0 aliphatic carbocycles. The van der Waals surface area contributed by atoms with Crippen LogP contribution < -0.4 is 10.5 Å². The molecule has 22 heavy (non-hydrogen) atoms. The molecule has 2 heterocycles. The highest BCUT2D eigenvalue weighted by atomic mass is 16.5. The number of benzene rings is 1. The van der Waals surface area contributed by atoms with Gasteiger partial charge in [0, 0.05) is 19.3 Å². The molecule has 0 radical (unpaired) electrons. The van der Waals surface area contributed by atoms with Crippen LogP contribution in [0.25, 0.3) is 0 Å². The molecule has 1 aromatic carbocycles. The van der Waals surface area contributed by atoms with E-state index in [1.807, 2.05) is 23.1 Å². The third-order valence-electron chi connectivity index (χ3n) is 3.89. The predicted octanol–water partition coefficient (Wildman–Crippen LogP) is 2.29. The summed E-state index contributed by atoms with van der Waals surface area (Å²) < 4.78 is 5.81. The molecule has 5 heteroatoms. The van der Waals surface area contributed by atoms with Crippen molar-refractivity contribution in [3.63, 3.8) is 0 Å². The quantitative estimate of drug-likeness (QED) is 0.940. The van der Waals surface area contributed by atoms with Gasteiger partial charge in [0.05, 0.1) is 11.8 Å². The zero-order chi connectivity index (χ0) is 15.4. The van der Waals surface area contributed by atoms with Gasteiger partial charge in [-0.15, -0.1) is 0 Å². The van der Waals surface area contributed by atoms with E-state index in [0.717, 1.165) is 19.5 Å². The number of rotatable bonds is 4. The maximum atomic E-state index is 12.7. The average Bonchev–Trinajstić information content (AvgIpc) is 3.05. The zero-order valence-electron chi connectivity index (χ0n) is 12.3. The van der Waals surface area contributed by atoms with Gasteiger partial charge in [0.2, 0.25) is 0 Å². The lowest BCUT2D eigenvalue weighted by Gasteiger charge is -2.18. The molecular formula is C17H19N3O2. The number of hydrogen-bond donors (Lipinski definition) is 1. The molecule has 114 valence electrons. The molecule has 1 amide bonds. The summed E-state index contributed by atoms with van der Waals surface area (Å²) in [6.07, 6.45) is 4.27. The Bertz CT molecular complexity index is 645. The number of ether oxygens (including phenoxy) is 1. The summed E-state index contributed by atoms with van der Waals surface area (Å²) in [4.78, 5) is 18.6. The summed E-state index contributed by atoms with van der Waals surface area (Å²) in [5.41, 5.74) is 6.27. The van der Waals surface area contributed by atoms with E-state index >= 15 is 0 Å². The Morgan fingerprint density at radius 3 is 2.91 bits per heavy atom. The van der Waals surface area contributed by atoms with Crippen molar-refractivity contribution in [1.29, 1.82) is 0 Å². The SMILES string of the molecule is NCC1CCN(C(=O)c2ccccc2Oc2cccnc2)C1. The number of hydrogen-bond acceptors (Lipinski definition) is 4. The van der Waals surface area contributed by atoms with Crippen molar-refractivity contribution in [3.05, 3.63) is 54.4 Å². The van der Waals surface area contributed by atoms with E-state index in [4.69, 9.17) is 10.5 Å². The summed E-state index contributed by atoms with van der Waals surface area (Å²) in [7, 11) is 0. The van der Waals surface area contributed by atoms with Crippen LogP contribution in [0.1, 0.15) is 16.8 Å². The summed E-state index contributed by atoms with van der Waals surface area (Å²) in [5, 5.41) is 0. The Balaban J connectivity index is 1.80. The van der Waals surface area contributed by atoms with E-state index in [-0.39, 0.29) is 5.91 Å². The largest absolute Gasteiger partial charge is 0.455 e. The molecule has 1 aliphatic heterocycles. The first kappa shape index (κ1) is 14.5. The Labute approximate surface area is 129 Å². The van der Waals surface area contributed by atoms with Crippen LogP contribution >= 0.6 is 0 Å². The van der Waals surface area contributed by atoms with Crippen LogP contribution in [0.3, 0.4) is 0 Å². The fourth-order valence-corrected chi connectivity index (χ4v) is 2.65. The second kappa shape index (κ2) is 6.58. The lowest BCUT2D eigenvalue weighted by Crippen LogP contribution is -2.30. The van der Waals surface area contributed by atoms with E-state index in [2.05, 4.69) is 4.98 Å². The lowest BCUT2D eigenvalue weighted by molar-refractivity contribution is 0.0785. The Hall–Kier alpha value is -2.40. The average molecular weight is 297 g/mol. The fraction of sp³-hybridized carbons (Fsp3) is 0.294. The molecule has 1 aliphatic rings. The minimum absolute atomic E-state index is 0.00422. The third-order valence-corrected chi connectivity index (χ3v) is 3.89. The monoisotopic (exact) mass is 297 g/mol. The summed E-state index contributed by atoms with van der Waals surface area (Å²) in [5.74, 6) is 1.56. The van der Waals surface area contributed by atoms with Gasteiger partial charge in [0.1, 0.15) is 11.5 Å². The molecule has 0 saturated carbocycles. The van der Waals surface area contributed by atoms with Crippen molar-refractivity contribution in [3.8, 4) is 11.5 Å². The van der Waals surface area contributed by atoms with Gasteiger partial charge in [-0.1, -0.05) is 12.1 Å². The number of aromatic nitrogens is 1. The van der Waals surface area contributed by atoms with Crippen LogP contribution in [-0.2, 0) is 0 Å². The van der Waals surface area contributed by atoms with Crippen molar-refractivity contribution >= 4 is 5.91 Å². The molecule has 0 spiro atoms. The number of carbonyl (C=O) groups excluding carboxylic acids is 1. The molecule has 2 N–H and O–H groups in total. The van der Waals surface area contributed by atoms with Crippen molar-refractivity contribution in [2.24, 2.45) is 11.7 Å². The van der Waals surface area contributed by atoms with Crippen molar-refractivity contribution in [2.75, 3.05) is 19.6 Å². The molecule has 0 bridgehead atoms. The second-order valence-corrected chi connectivity index (χ2v) is 5.43. The smallest absolute Gasteiger partial charge is 0.257 e. The maximum absolute atomic E-state index is 12.7. The van der Waals surface area contributed by atoms with E-state index in [9.17, 15) is 4.79 Å². The van der Waals surface area contributed by atoms with Crippen LogP contribution in [0.5, 0.6) is 11.5 Å². The van der Waals surface area contributed by atoms with E-state index < -0.39 is 0 Å². The third kappa shape index (κ3) is 3.09. The van der Waals surface area contributed by atoms with E-state index in [1.165, 1.54) is 0 Å². The van der Waals surface area contributed by atoms with E-state index in [0.29, 0.717) is 29.5 Å². The Morgan fingerprint density at radius 1 is 1.32 bits per heavy atom. The van der Waals surface area contributed by atoms with Crippen molar-refractivity contribution in [1.82, 2.24) is 9.88 Å². The van der Waals surface area contributed by atoms with Gasteiger partial charge in [-0.05, 0) is 43.1 Å². The number of nitrogens with zero attached hydrogens (tertiary/aromatic N) is 2. The van der Waals surface area contributed by atoms with Crippen LogP contribution in [0.4, 0.5) is 0 Å². The number of likely N-dealkylation sites (tertiary alicyclic amines) is 1. The van der Waals surface area contributed by atoms with Gasteiger partial charge >= 0.3 is 0 Å². The highest BCUT2D eigenvalue weighted by Gasteiger charge is 2.27. The first-order valence-corrected chi connectivity index (χ1v) is 7.44. The van der Waals surface area contributed by atoms with Crippen LogP contribution in [0.2, 0.25) is 0 Å². The van der Waals surface area contributed by atoms with Gasteiger partial charge < -0.3 is 15.4 Å². The topological polar surface area (TPSA) is 68.5 Å². The molecule has 1 fully saturated rings. The number of para-hydroxylation sites is 1. The number of pyridine rings is 1. The summed E-state index contributed by atoms with van der Waals surface area (Å²) >= 11 is 0. The Morgan fingerprint density at radius 2 is 2.18 bits per heavy atom. The van der Waals surface area contributed by atoms with Gasteiger partial charge in [-0.25, -0.2) is 0 Å². The van der Waals surface area contributed by atoms with Crippen LogP contribution in [0, 0.1) is 5.92 Å². The summed E-state index contributed by atoms with van der Waals surface area (Å²) in [6, 6.07) is 10.9. The molecule has 1 unspecified atom stereocenters. The minimum atomic E-state index is -0.00422. The Kier molecular flexibility index (Phi) is 4.34. The molecular weight excluding hydrogens is 278 g/mol. The zero-order valence-corrected chi connectivity index (χ0v) is 12.3. The van der Waals surface area contributed by atoms with Gasteiger partial charge in [0.25, 0.3) is 5.91 Å². The fourth-order valence-electron chi connectivity index (χ4n) is 2.65. The van der Waals surface area contributed by atoms with Crippen molar-refractivity contribution in [2.45, 2.75) is 6.42 Å².